The summed E-state index contributed by atoms with van der Waals surface area (Å²) < 4.78 is 8.65. The summed E-state index contributed by atoms with van der Waals surface area (Å²) >= 11 is 1.45. The van der Waals surface area contributed by atoms with Gasteiger partial charge in [0, 0.05) is 6.54 Å². The molecular weight excluding hydrogens is 325 g/mol. The third kappa shape index (κ3) is 4.15. The summed E-state index contributed by atoms with van der Waals surface area (Å²) in [5.41, 5.74) is 6.65. The molecule has 0 fully saturated rings. The molecule has 0 aliphatic heterocycles. The highest BCUT2D eigenvalue weighted by Gasteiger charge is 2.07. The second-order valence-electron chi connectivity index (χ2n) is 2.84. The van der Waals surface area contributed by atoms with E-state index in [2.05, 4.69) is 4.74 Å². The van der Waals surface area contributed by atoms with E-state index in [0.29, 0.717) is 12.1 Å². The minimum absolute atomic E-state index is 0.351. The van der Waals surface area contributed by atoms with E-state index in [1.54, 1.807) is 18.2 Å². The molecule has 86 valence electrons. The predicted molar refractivity (Wildman–Crippen MR) is 65.1 cm³/mol. The van der Waals surface area contributed by atoms with E-state index in [-0.39, 0.29) is 6.79 Å². The van der Waals surface area contributed by atoms with Crippen LogP contribution in [0.2, 0.25) is 0 Å². The first kappa shape index (κ1) is 12.9. The van der Waals surface area contributed by atoms with E-state index in [9.17, 15) is 9.59 Å². The van der Waals surface area contributed by atoms with Gasteiger partial charge in [0.2, 0.25) is 6.79 Å². The number of carbonyl (C=O) groups excluding carboxylic acids is 2. The van der Waals surface area contributed by atoms with Gasteiger partial charge in [-0.3, -0.25) is 0 Å². The lowest BCUT2D eigenvalue weighted by atomic mass is 10.1. The maximum absolute atomic E-state index is 11.4. The minimum Gasteiger partial charge on any atom is -0.424 e. The second kappa shape index (κ2) is 6.44. The first-order valence-electron chi connectivity index (χ1n) is 4.42. The monoisotopic (exact) mass is 335 g/mol. The van der Waals surface area contributed by atoms with Gasteiger partial charge in [0.1, 0.15) is 0 Å². The Balaban J connectivity index is 2.55. The summed E-state index contributed by atoms with van der Waals surface area (Å²) in [6.45, 7) is -0.0304. The fourth-order valence-electron chi connectivity index (χ4n) is 1.04. The zero-order valence-corrected chi connectivity index (χ0v) is 10.5. The average molecular weight is 335 g/mol. The Morgan fingerprint density at radius 3 is 2.69 bits per heavy atom. The highest BCUT2D eigenvalue weighted by Crippen LogP contribution is 2.06. The molecule has 0 amide bonds. The van der Waals surface area contributed by atoms with Crippen LogP contribution >= 0.6 is 22.6 Å². The summed E-state index contributed by atoms with van der Waals surface area (Å²) in [7, 11) is 0. The quantitative estimate of drug-likeness (QED) is 0.393. The van der Waals surface area contributed by atoms with Crippen molar-refractivity contribution in [3.05, 3.63) is 35.4 Å². The molecule has 0 aliphatic carbocycles. The molecule has 1 aromatic rings. The normalized spacial score (nSPS) is 9.62. The molecule has 0 radical (unpaired) electrons. The zero-order chi connectivity index (χ0) is 12.0. The van der Waals surface area contributed by atoms with Crippen LogP contribution in [0, 0.1) is 0 Å². The van der Waals surface area contributed by atoms with E-state index in [0.717, 1.165) is 5.56 Å². The van der Waals surface area contributed by atoms with Gasteiger partial charge in [0.05, 0.1) is 28.2 Å². The smallest absolute Gasteiger partial charge is 0.369 e. The summed E-state index contributed by atoms with van der Waals surface area (Å²) in [4.78, 5) is 21.9. The summed E-state index contributed by atoms with van der Waals surface area (Å²) in [5.74, 6) is -0.548. The van der Waals surface area contributed by atoms with Gasteiger partial charge in [-0.1, -0.05) is 12.1 Å². The maximum Gasteiger partial charge on any atom is 0.369 e. The molecule has 6 heteroatoms. The number of nitrogens with two attached hydrogens (primary N) is 1. The van der Waals surface area contributed by atoms with Crippen molar-refractivity contribution in [3.8, 4) is 0 Å². The van der Waals surface area contributed by atoms with E-state index < -0.39 is 9.95 Å². The molecule has 0 atom stereocenters. The Kier molecular flexibility index (Phi) is 5.20. The number of benzene rings is 1. The molecule has 0 bridgehead atoms. The number of halogens is 1. The van der Waals surface area contributed by atoms with Gasteiger partial charge < -0.3 is 15.2 Å². The number of ether oxygens (including phenoxy) is 2. The Morgan fingerprint density at radius 2 is 2.06 bits per heavy atom. The number of hydrogen-bond acceptors (Lipinski definition) is 5. The topological polar surface area (TPSA) is 78.6 Å². The molecule has 0 aromatic heterocycles. The van der Waals surface area contributed by atoms with Gasteiger partial charge in [-0.15, -0.1) is 0 Å². The van der Waals surface area contributed by atoms with Gasteiger partial charge in [-0.25, -0.2) is 9.59 Å². The lowest BCUT2D eigenvalue weighted by molar-refractivity contribution is 0.00488. The van der Waals surface area contributed by atoms with Gasteiger partial charge in [-0.05, 0) is 17.7 Å². The maximum atomic E-state index is 11.4. The van der Waals surface area contributed by atoms with Crippen LogP contribution in [0.5, 0.6) is 0 Å². The zero-order valence-electron chi connectivity index (χ0n) is 8.31. The van der Waals surface area contributed by atoms with Crippen LogP contribution in [-0.4, -0.2) is 16.7 Å². The molecule has 2 N–H and O–H groups in total. The Hall–Kier alpha value is -1.15. The van der Waals surface area contributed by atoms with E-state index in [4.69, 9.17) is 10.5 Å². The van der Waals surface area contributed by atoms with Gasteiger partial charge in [0.25, 0.3) is 0 Å². The Bertz CT molecular complexity index is 394. The molecule has 0 saturated heterocycles. The Labute approximate surface area is 106 Å². The van der Waals surface area contributed by atoms with Crippen LogP contribution in [0.1, 0.15) is 15.9 Å². The number of carbonyl (C=O) groups is 2. The highest BCUT2D eigenvalue weighted by molar-refractivity contribution is 14.1. The van der Waals surface area contributed by atoms with Crippen molar-refractivity contribution in [2.24, 2.45) is 5.73 Å². The fraction of sp³-hybridized carbons (Fsp3) is 0.200. The largest absolute Gasteiger partial charge is 0.424 e. The van der Waals surface area contributed by atoms with Crippen LogP contribution in [0.4, 0.5) is 4.79 Å². The molecule has 0 saturated carbocycles. The van der Waals surface area contributed by atoms with Crippen LogP contribution in [0.25, 0.3) is 0 Å². The third-order valence-corrected chi connectivity index (χ3v) is 2.07. The summed E-state index contributed by atoms with van der Waals surface area (Å²) in [6.07, 6.45) is 0. The van der Waals surface area contributed by atoms with E-state index in [1.165, 1.54) is 22.6 Å². The fourth-order valence-corrected chi connectivity index (χ4v) is 1.17. The predicted octanol–water partition coefficient (Wildman–Crippen LogP) is 1.83. The minimum atomic E-state index is -0.548. The molecule has 0 aliphatic rings. The Morgan fingerprint density at radius 1 is 1.31 bits per heavy atom. The van der Waals surface area contributed by atoms with Gasteiger partial charge in [-0.2, -0.15) is 0 Å². The average Bonchev–Trinajstić information content (AvgIpc) is 2.28. The van der Waals surface area contributed by atoms with Crippen LogP contribution < -0.4 is 5.73 Å². The van der Waals surface area contributed by atoms with E-state index in [1.807, 2.05) is 6.07 Å². The second-order valence-corrected chi connectivity index (χ2v) is 3.72. The lowest BCUT2D eigenvalue weighted by Gasteiger charge is -2.05. The standard InChI is InChI=1S/C10H10INO4/c11-10(14)16-6-15-9(13)8-3-1-2-7(4-8)5-12/h1-4H,5-6,12H2. The first-order valence-corrected chi connectivity index (χ1v) is 5.49. The first-order chi connectivity index (χ1) is 7.63. The number of rotatable bonds is 4. The summed E-state index contributed by atoms with van der Waals surface area (Å²) in [5, 5.41) is 0. The van der Waals surface area contributed by atoms with Gasteiger partial charge >= 0.3 is 9.95 Å². The molecule has 0 unspecified atom stereocenters. The molecular formula is C10H10INO4. The highest BCUT2D eigenvalue weighted by atomic mass is 127. The van der Waals surface area contributed by atoms with Gasteiger partial charge in [0.15, 0.2) is 0 Å². The molecule has 16 heavy (non-hydrogen) atoms. The van der Waals surface area contributed by atoms with Crippen molar-refractivity contribution < 1.29 is 19.1 Å². The van der Waals surface area contributed by atoms with Crippen molar-refractivity contribution in [2.45, 2.75) is 6.54 Å². The molecule has 5 nitrogen and oxygen atoms in total. The van der Waals surface area contributed by atoms with Crippen LogP contribution in [0.3, 0.4) is 0 Å². The van der Waals surface area contributed by atoms with Crippen LogP contribution in [0.15, 0.2) is 24.3 Å². The van der Waals surface area contributed by atoms with Crippen molar-refractivity contribution in [1.82, 2.24) is 0 Å². The van der Waals surface area contributed by atoms with E-state index >= 15 is 0 Å². The summed E-state index contributed by atoms with van der Waals surface area (Å²) in [6, 6.07) is 6.76. The van der Waals surface area contributed by atoms with Crippen molar-refractivity contribution in [3.63, 3.8) is 0 Å². The SMILES string of the molecule is NCc1cccc(C(=O)OCOC(=O)I)c1. The van der Waals surface area contributed by atoms with Crippen molar-refractivity contribution in [2.75, 3.05) is 6.79 Å². The molecule has 1 rings (SSSR count). The molecule has 1 aromatic carbocycles. The van der Waals surface area contributed by atoms with Crippen molar-refractivity contribution >= 4 is 32.5 Å². The lowest BCUT2D eigenvalue weighted by Crippen LogP contribution is -2.10. The van der Waals surface area contributed by atoms with Crippen LogP contribution in [-0.2, 0) is 16.0 Å². The third-order valence-electron chi connectivity index (χ3n) is 1.76. The van der Waals surface area contributed by atoms with Crippen molar-refractivity contribution in [1.29, 1.82) is 0 Å². The molecule has 0 heterocycles. The number of esters is 1. The molecule has 0 spiro atoms. The number of hydrogen-bond donors (Lipinski definition) is 1.